The number of fused-ring (bicyclic) bond motifs is 1. The number of anilines is 3. The fourth-order valence-electron chi connectivity index (χ4n) is 12.2. The molecule has 0 radical (unpaired) electrons. The van der Waals surface area contributed by atoms with Crippen LogP contribution in [0, 0.1) is 29.5 Å². The van der Waals surface area contributed by atoms with Gasteiger partial charge in [0.15, 0.2) is 0 Å². The molecule has 2 aromatic heterocycles. The summed E-state index contributed by atoms with van der Waals surface area (Å²) in [5.41, 5.74) is 5.85. The zero-order valence-electron chi connectivity index (χ0n) is 52.0. The number of amides is 5. The smallest absolute Gasteiger partial charge is 0.246 e. The van der Waals surface area contributed by atoms with Gasteiger partial charge in [0.05, 0.1) is 40.5 Å². The molecule has 2 aliphatic heterocycles. The molecule has 4 aromatic carbocycles. The minimum atomic E-state index is -1.16. The predicted molar refractivity (Wildman–Crippen MR) is 346 cm³/mol. The Morgan fingerprint density at radius 3 is 1.94 bits per heavy atom. The summed E-state index contributed by atoms with van der Waals surface area (Å²) in [6.45, 7) is 9.99. The summed E-state index contributed by atoms with van der Waals surface area (Å²) in [4.78, 5) is 81.1. The second-order valence-electron chi connectivity index (χ2n) is 25.5. The summed E-state index contributed by atoms with van der Waals surface area (Å²) in [6, 6.07) is 24.7. The molecule has 3 fully saturated rings. The van der Waals surface area contributed by atoms with Gasteiger partial charge in [-0.25, -0.2) is 9.37 Å². The number of carbonyl (C=O) groups is 5. The fraction of sp³-hybridized carbons (Fsp3) is 0.500. The molecule has 88 heavy (non-hydrogen) atoms. The Labute approximate surface area is 522 Å². The van der Waals surface area contributed by atoms with Gasteiger partial charge in [0.1, 0.15) is 40.6 Å². The Hall–Kier alpha value is -7.44. The van der Waals surface area contributed by atoms with E-state index in [4.69, 9.17) is 14.5 Å². The van der Waals surface area contributed by atoms with Crippen LogP contribution in [-0.4, -0.2) is 94.4 Å². The molecule has 3 atom stereocenters. The lowest BCUT2D eigenvalue weighted by Crippen LogP contribution is -2.57. The quantitative estimate of drug-likeness (QED) is 0.0212. The fourth-order valence-corrected chi connectivity index (χ4v) is 13.0. The van der Waals surface area contributed by atoms with E-state index >= 15 is 0 Å². The van der Waals surface area contributed by atoms with E-state index in [1.54, 1.807) is 48.9 Å². The molecule has 1 aliphatic carbocycles. The van der Waals surface area contributed by atoms with Crippen molar-refractivity contribution in [2.24, 2.45) is 16.7 Å². The average molecular weight is 1220 g/mol. The van der Waals surface area contributed by atoms with Crippen molar-refractivity contribution in [3.63, 3.8) is 0 Å². The number of aliphatic hydroxyl groups is 1. The van der Waals surface area contributed by atoms with Gasteiger partial charge in [-0.1, -0.05) is 129 Å². The van der Waals surface area contributed by atoms with Crippen LogP contribution in [-0.2, 0) is 30.5 Å². The molecule has 0 unspecified atom stereocenters. The van der Waals surface area contributed by atoms with Gasteiger partial charge in [-0.15, -0.1) is 11.3 Å². The van der Waals surface area contributed by atoms with Crippen molar-refractivity contribution in [2.75, 3.05) is 42.3 Å². The molecule has 4 heterocycles. The molecule has 3 aliphatic rings. The third-order valence-electron chi connectivity index (χ3n) is 17.7. The summed E-state index contributed by atoms with van der Waals surface area (Å²) < 4.78 is 25.7. The van der Waals surface area contributed by atoms with E-state index in [1.165, 1.54) is 93.4 Å². The molecule has 6 aromatic rings. The first kappa shape index (κ1) is 65.0. The zero-order valence-corrected chi connectivity index (χ0v) is 52.8. The van der Waals surface area contributed by atoms with Gasteiger partial charge in [-0.2, -0.15) is 0 Å². The number of unbranched alkanes of at least 4 members (excludes halogenated alkanes) is 12. The molecule has 1 saturated carbocycles. The Balaban J connectivity index is 0.598. The maximum Gasteiger partial charge on any atom is 0.246 e. The molecule has 470 valence electrons. The van der Waals surface area contributed by atoms with Gasteiger partial charge in [-0.3, -0.25) is 29.0 Å². The van der Waals surface area contributed by atoms with Crippen molar-refractivity contribution < 1.29 is 42.9 Å². The number of hydrogen-bond acceptors (Lipinski definition) is 12. The van der Waals surface area contributed by atoms with E-state index in [0.29, 0.717) is 48.7 Å². The van der Waals surface area contributed by atoms with Gasteiger partial charge in [0.2, 0.25) is 29.5 Å². The van der Waals surface area contributed by atoms with Crippen molar-refractivity contribution in [3.8, 4) is 27.7 Å². The average Bonchev–Trinajstić information content (AvgIpc) is 1.71. The Kier molecular flexibility index (Phi) is 22.6. The number of piperidine rings is 1. The second kappa shape index (κ2) is 30.7. The number of pyridine rings is 1. The number of nitrogens with zero attached hydrogens (tertiary/aromatic N) is 4. The van der Waals surface area contributed by atoms with Crippen LogP contribution in [0.3, 0.4) is 0 Å². The molecule has 2 saturated heterocycles. The number of nitrogens with one attached hydrogen (secondary N) is 4. The molecule has 18 heteroatoms. The molecule has 5 amide bonds. The lowest BCUT2D eigenvalue weighted by molar-refractivity contribution is -0.144. The molecular formula is C70H89FN8O8S. The van der Waals surface area contributed by atoms with Crippen LogP contribution in [0.5, 0.6) is 17.2 Å². The minimum Gasteiger partial charge on any atom is -0.495 e. The van der Waals surface area contributed by atoms with Crippen LogP contribution in [0.1, 0.15) is 160 Å². The van der Waals surface area contributed by atoms with E-state index in [2.05, 4.69) is 37.2 Å². The van der Waals surface area contributed by atoms with Crippen LogP contribution in [0.25, 0.3) is 21.3 Å². The van der Waals surface area contributed by atoms with Gasteiger partial charge >= 0.3 is 0 Å². The molecule has 0 spiro atoms. The highest BCUT2D eigenvalue weighted by molar-refractivity contribution is 7.13. The van der Waals surface area contributed by atoms with E-state index in [0.717, 1.165) is 102 Å². The maximum atomic E-state index is 14.1. The summed E-state index contributed by atoms with van der Waals surface area (Å²) in [7, 11) is 1.70. The number of aliphatic hydroxyl groups excluding tert-OH is 1. The lowest BCUT2D eigenvalue weighted by atomic mass is 9.85. The first-order chi connectivity index (χ1) is 42.5. The number of likely N-dealkylation sites (tertiary alicyclic amines) is 1. The van der Waals surface area contributed by atoms with Crippen molar-refractivity contribution in [1.29, 1.82) is 0 Å². The lowest BCUT2D eigenvalue weighted by Gasteiger charge is -2.35. The Bertz CT molecular complexity index is 3300. The second-order valence-corrected chi connectivity index (χ2v) is 26.3. The Morgan fingerprint density at radius 1 is 0.761 bits per heavy atom. The Morgan fingerprint density at radius 2 is 1.36 bits per heavy atom. The van der Waals surface area contributed by atoms with E-state index in [-0.39, 0.29) is 36.6 Å². The number of aromatic nitrogens is 2. The number of methoxy groups -OCH3 is 1. The summed E-state index contributed by atoms with van der Waals surface area (Å²) in [5, 5.41) is 23.1. The van der Waals surface area contributed by atoms with E-state index < -0.39 is 40.7 Å². The van der Waals surface area contributed by atoms with Crippen LogP contribution in [0.15, 0.2) is 103 Å². The molecule has 5 N–H and O–H groups in total. The number of ether oxygens (including phenoxy) is 2. The predicted octanol–water partition coefficient (Wildman–Crippen LogP) is 13.8. The number of carbonyl (C=O) groups excluding carboxylic acids is 5. The highest BCUT2D eigenvalue weighted by Gasteiger charge is 2.56. The number of hydrogen-bond donors (Lipinski definition) is 5. The number of thiazole rings is 1. The first-order valence-corrected chi connectivity index (χ1v) is 32.8. The van der Waals surface area contributed by atoms with Gasteiger partial charge < -0.3 is 45.6 Å². The van der Waals surface area contributed by atoms with Gasteiger partial charge in [0, 0.05) is 62.0 Å². The van der Waals surface area contributed by atoms with Crippen LogP contribution < -0.4 is 35.6 Å². The van der Waals surface area contributed by atoms with Crippen LogP contribution in [0.2, 0.25) is 0 Å². The van der Waals surface area contributed by atoms with Crippen molar-refractivity contribution in [3.05, 3.63) is 120 Å². The number of β-amino-alcohol motifs (C(OH)–C–C–N with tert-alkyl or cyclic N) is 1. The van der Waals surface area contributed by atoms with E-state index in [1.807, 2.05) is 69.6 Å². The van der Waals surface area contributed by atoms with Crippen molar-refractivity contribution in [1.82, 2.24) is 25.5 Å². The molecule has 0 bridgehead atoms. The number of benzene rings is 4. The highest BCUT2D eigenvalue weighted by Crippen LogP contribution is 2.48. The normalized spacial score (nSPS) is 16.9. The maximum absolute atomic E-state index is 14.1. The third-order valence-corrected chi connectivity index (χ3v) is 18.7. The number of halogens is 1. The summed E-state index contributed by atoms with van der Waals surface area (Å²) in [6.07, 6.45) is 21.3. The zero-order chi connectivity index (χ0) is 62.2. The highest BCUT2D eigenvalue weighted by atomic mass is 32.1. The topological polar surface area (TPSA) is 204 Å². The number of rotatable bonds is 30. The molecular weight excluding hydrogens is 1130 g/mol. The van der Waals surface area contributed by atoms with E-state index in [9.17, 15) is 33.5 Å². The molecule has 9 rings (SSSR count). The summed E-state index contributed by atoms with van der Waals surface area (Å²) >= 11 is 1.59. The van der Waals surface area contributed by atoms with Gasteiger partial charge in [-0.05, 0) is 128 Å². The summed E-state index contributed by atoms with van der Waals surface area (Å²) in [5.74, 6) is 0.676. The van der Waals surface area contributed by atoms with Crippen molar-refractivity contribution >= 4 is 68.8 Å². The van der Waals surface area contributed by atoms with Crippen LogP contribution in [0.4, 0.5) is 21.5 Å². The largest absolute Gasteiger partial charge is 0.495 e. The van der Waals surface area contributed by atoms with Crippen molar-refractivity contribution in [2.45, 2.75) is 181 Å². The van der Waals surface area contributed by atoms with Crippen LogP contribution >= 0.6 is 11.3 Å². The monoisotopic (exact) mass is 1220 g/mol. The SMILES string of the molecule is COc1cc2c(Oc3ccc(NC(=O)C4(C(=O)Nc5ccc(F)cc5)CC4)cc3)ccnc2cc1N1CCC(CCCCCCCCCCCCCCCC(=O)N[C@H](C(=O)N2C[C@H](O)C[C@H]2C(=O)NCc2ccc(-c3scnc3C)cc2)C(C)(C)C)CC1. The third kappa shape index (κ3) is 17.5. The first-order valence-electron chi connectivity index (χ1n) is 31.9. The minimum absolute atomic E-state index is 0.0455. The standard InChI is InChI=1S/C70H89FN8O8S/c1-47-63(88-46-74-47)50-23-21-49(22-24-50)44-73-65(82)59-41-54(80)45-79(59)66(83)64(69(2,3)4)77-62(81)20-18-16-14-12-10-8-6-7-9-11-13-15-17-19-48-34-39-78(40-35-48)58-43-57-56(42-61(58)86-5)60(33-38-72-57)87-55-31-29-53(30-32-55)76-68(85)70(36-37-70)67(84)75-52-27-25-51(71)26-28-52/h21-33,38,42-43,46,48,54,59,64,80H,6-20,34-37,39-41,44-45H2,1-5H3,(H,73,82)(H,75,84)(H,76,85)(H,77,81)/t54-,59+,64-/m1/s1. The number of aryl methyl sites for hydroxylation is 1. The van der Waals surface area contributed by atoms with Gasteiger partial charge in [0.25, 0.3) is 0 Å². The molecule has 16 nitrogen and oxygen atoms in total.